The molecule has 212 valence electrons. The van der Waals surface area contributed by atoms with Crippen molar-refractivity contribution in [3.05, 3.63) is 110 Å². The first-order valence-electron chi connectivity index (χ1n) is 13.7. The lowest BCUT2D eigenvalue weighted by molar-refractivity contribution is -0.149. The van der Waals surface area contributed by atoms with E-state index >= 15 is 0 Å². The monoisotopic (exact) mass is 573 g/mol. The fourth-order valence-corrected chi connectivity index (χ4v) is 5.52. The Labute approximate surface area is 242 Å². The van der Waals surface area contributed by atoms with Gasteiger partial charge in [0, 0.05) is 25.0 Å². The van der Waals surface area contributed by atoms with Crippen LogP contribution in [0.15, 0.2) is 71.5 Å². The lowest BCUT2D eigenvalue weighted by Crippen LogP contribution is -2.31. The number of aryl methyl sites for hydroxylation is 2. The highest BCUT2D eigenvalue weighted by Gasteiger charge is 2.24. The van der Waals surface area contributed by atoms with Gasteiger partial charge in [-0.05, 0) is 72.1 Å². The number of esters is 1. The Morgan fingerprint density at radius 1 is 1.12 bits per heavy atom. The van der Waals surface area contributed by atoms with E-state index in [2.05, 4.69) is 10.4 Å². The number of halogens is 1. The molecule has 41 heavy (non-hydrogen) atoms. The summed E-state index contributed by atoms with van der Waals surface area (Å²) < 4.78 is 6.67. The van der Waals surface area contributed by atoms with Gasteiger partial charge in [-0.3, -0.25) is 19.1 Å². The number of aliphatic hydroxyl groups excluding tert-OH is 1. The van der Waals surface area contributed by atoms with Crippen LogP contribution in [0.4, 0.5) is 0 Å². The largest absolute Gasteiger partial charge is 0.466 e. The number of carbonyl (C=O) groups is 2. The first-order chi connectivity index (χ1) is 19.8. The number of amides is 1. The average Bonchev–Trinajstić information content (AvgIpc) is 2.97. The SMILES string of the molecule is Cn1nc(C(=O)NCc2ccc(Cl)cc2)c(=O)c2cc(CC3CCOC(=O)C3)cc(CCC(O)c3ccccc3)c21. The number of cyclic esters (lactones) is 1. The van der Waals surface area contributed by atoms with Crippen LogP contribution in [0.2, 0.25) is 5.02 Å². The number of hydrogen-bond acceptors (Lipinski definition) is 6. The minimum absolute atomic E-state index is 0.101. The molecule has 1 aliphatic rings. The van der Waals surface area contributed by atoms with Crippen molar-refractivity contribution in [3.8, 4) is 0 Å². The van der Waals surface area contributed by atoms with Crippen molar-refractivity contribution in [1.29, 1.82) is 0 Å². The zero-order chi connectivity index (χ0) is 28.9. The Hall–Kier alpha value is -4.01. The van der Waals surface area contributed by atoms with E-state index in [-0.39, 0.29) is 24.1 Å². The molecule has 1 fully saturated rings. The average molecular weight is 574 g/mol. The van der Waals surface area contributed by atoms with Crippen LogP contribution in [-0.4, -0.2) is 33.4 Å². The van der Waals surface area contributed by atoms with Crippen LogP contribution in [0, 0.1) is 5.92 Å². The topological polar surface area (TPSA) is 111 Å². The Morgan fingerprint density at radius 3 is 2.61 bits per heavy atom. The number of benzene rings is 3. The van der Waals surface area contributed by atoms with Gasteiger partial charge in [-0.25, -0.2) is 0 Å². The molecule has 3 aromatic carbocycles. The third-order valence-electron chi connectivity index (χ3n) is 7.50. The van der Waals surface area contributed by atoms with E-state index in [4.69, 9.17) is 16.3 Å². The second-order valence-corrected chi connectivity index (χ2v) is 10.9. The summed E-state index contributed by atoms with van der Waals surface area (Å²) in [5, 5.41) is 19.0. The van der Waals surface area contributed by atoms with Gasteiger partial charge >= 0.3 is 5.97 Å². The maximum absolute atomic E-state index is 13.7. The lowest BCUT2D eigenvalue weighted by Gasteiger charge is -2.22. The molecule has 0 radical (unpaired) electrons. The molecular formula is C32H32ClN3O5. The summed E-state index contributed by atoms with van der Waals surface area (Å²) in [6.07, 6.45) is 1.93. The number of nitrogens with zero attached hydrogens (tertiary/aromatic N) is 2. The second-order valence-electron chi connectivity index (χ2n) is 10.5. The van der Waals surface area contributed by atoms with Gasteiger partial charge in [0.2, 0.25) is 5.43 Å². The Morgan fingerprint density at radius 2 is 1.88 bits per heavy atom. The van der Waals surface area contributed by atoms with Crippen LogP contribution >= 0.6 is 11.6 Å². The minimum Gasteiger partial charge on any atom is -0.466 e. The first kappa shape index (κ1) is 28.5. The van der Waals surface area contributed by atoms with Crippen LogP contribution in [0.1, 0.15) is 58.1 Å². The maximum Gasteiger partial charge on any atom is 0.306 e. The smallest absolute Gasteiger partial charge is 0.306 e. The highest BCUT2D eigenvalue weighted by molar-refractivity contribution is 6.30. The van der Waals surface area contributed by atoms with Gasteiger partial charge in [0.1, 0.15) is 0 Å². The van der Waals surface area contributed by atoms with Gasteiger partial charge in [-0.2, -0.15) is 5.10 Å². The summed E-state index contributed by atoms with van der Waals surface area (Å²) in [5.74, 6) is -0.679. The van der Waals surface area contributed by atoms with E-state index in [1.165, 1.54) is 0 Å². The summed E-state index contributed by atoms with van der Waals surface area (Å²) in [7, 11) is 1.71. The van der Waals surface area contributed by atoms with Gasteiger partial charge in [-0.1, -0.05) is 60.1 Å². The van der Waals surface area contributed by atoms with Gasteiger partial charge in [0.25, 0.3) is 5.91 Å². The zero-order valence-corrected chi connectivity index (χ0v) is 23.6. The van der Waals surface area contributed by atoms with Crippen molar-refractivity contribution in [1.82, 2.24) is 15.1 Å². The number of ether oxygens (including phenoxy) is 1. The predicted octanol–water partition coefficient (Wildman–Crippen LogP) is 4.68. The number of aliphatic hydroxyl groups is 1. The summed E-state index contributed by atoms with van der Waals surface area (Å²) in [4.78, 5) is 38.7. The quantitative estimate of drug-likeness (QED) is 0.281. The molecule has 2 heterocycles. The fraction of sp³-hybridized carbons (Fsp3) is 0.312. The van der Waals surface area contributed by atoms with Crippen molar-refractivity contribution in [2.45, 2.75) is 44.8 Å². The highest BCUT2D eigenvalue weighted by atomic mass is 35.5. The minimum atomic E-state index is -0.675. The summed E-state index contributed by atoms with van der Waals surface area (Å²) >= 11 is 5.95. The van der Waals surface area contributed by atoms with Gasteiger partial charge in [0.05, 0.1) is 23.6 Å². The van der Waals surface area contributed by atoms with E-state index in [0.717, 1.165) is 28.7 Å². The van der Waals surface area contributed by atoms with Crippen LogP contribution in [-0.2, 0) is 36.0 Å². The predicted molar refractivity (Wildman–Crippen MR) is 157 cm³/mol. The number of rotatable bonds is 9. The first-order valence-corrected chi connectivity index (χ1v) is 14.1. The van der Waals surface area contributed by atoms with Gasteiger partial charge in [0.15, 0.2) is 5.69 Å². The number of carbonyl (C=O) groups excluding carboxylic acids is 2. The van der Waals surface area contributed by atoms with Gasteiger partial charge in [-0.15, -0.1) is 0 Å². The molecule has 4 aromatic rings. The normalized spacial score (nSPS) is 15.9. The summed E-state index contributed by atoms with van der Waals surface area (Å²) in [5.41, 5.74) is 3.39. The van der Waals surface area contributed by atoms with Crippen molar-refractivity contribution in [2.24, 2.45) is 13.0 Å². The van der Waals surface area contributed by atoms with E-state index in [1.54, 1.807) is 36.0 Å². The van der Waals surface area contributed by atoms with E-state index in [1.807, 2.05) is 42.5 Å². The summed E-state index contributed by atoms with van der Waals surface area (Å²) in [6, 6.07) is 20.4. The van der Waals surface area contributed by atoms with E-state index in [0.29, 0.717) is 48.2 Å². The van der Waals surface area contributed by atoms with Crippen molar-refractivity contribution in [2.75, 3.05) is 6.61 Å². The molecule has 1 amide bonds. The Balaban J connectivity index is 1.48. The second kappa shape index (κ2) is 12.7. The number of nitrogens with one attached hydrogen (secondary N) is 1. The molecule has 1 saturated heterocycles. The van der Waals surface area contributed by atoms with Crippen LogP contribution in [0.5, 0.6) is 0 Å². The molecule has 1 aromatic heterocycles. The van der Waals surface area contributed by atoms with Gasteiger partial charge < -0.3 is 15.2 Å². The molecule has 8 nitrogen and oxygen atoms in total. The third kappa shape index (κ3) is 6.84. The van der Waals surface area contributed by atoms with E-state index in [9.17, 15) is 19.5 Å². The van der Waals surface area contributed by atoms with Crippen LogP contribution in [0.3, 0.4) is 0 Å². The molecule has 2 atom stereocenters. The molecule has 2 unspecified atom stereocenters. The lowest BCUT2D eigenvalue weighted by atomic mass is 9.89. The molecular weight excluding hydrogens is 542 g/mol. The maximum atomic E-state index is 13.7. The highest BCUT2D eigenvalue weighted by Crippen LogP contribution is 2.27. The standard InChI is InChI=1S/C32H32ClN3O5/c1-36-30-24(9-12-27(37)23-5-3-2-4-6-23)16-22(15-21-13-14-41-28(38)18-21)17-26(30)31(39)29(35-36)32(40)34-19-20-7-10-25(33)11-8-20/h2-8,10-11,16-17,21,27,37H,9,12-15,18-19H2,1H3,(H,34,40). The zero-order valence-electron chi connectivity index (χ0n) is 22.8. The molecule has 5 rings (SSSR count). The molecule has 9 heteroatoms. The number of aromatic nitrogens is 2. The number of hydrogen-bond donors (Lipinski definition) is 2. The van der Waals surface area contributed by atoms with Crippen LogP contribution < -0.4 is 10.7 Å². The van der Waals surface area contributed by atoms with Crippen molar-refractivity contribution >= 4 is 34.4 Å². The molecule has 1 aliphatic heterocycles. The Kier molecular flexibility index (Phi) is 8.81. The fourth-order valence-electron chi connectivity index (χ4n) is 5.39. The molecule has 0 aliphatic carbocycles. The third-order valence-corrected chi connectivity index (χ3v) is 7.76. The molecule has 0 bridgehead atoms. The van der Waals surface area contributed by atoms with E-state index < -0.39 is 17.4 Å². The molecule has 0 spiro atoms. The summed E-state index contributed by atoms with van der Waals surface area (Å²) in [6.45, 7) is 0.607. The van der Waals surface area contributed by atoms with Crippen molar-refractivity contribution < 1.29 is 19.4 Å². The van der Waals surface area contributed by atoms with Crippen LogP contribution in [0.25, 0.3) is 10.9 Å². The molecule has 0 saturated carbocycles. The number of fused-ring (bicyclic) bond motifs is 1. The Bertz CT molecular complexity index is 1620. The van der Waals surface area contributed by atoms with Crippen molar-refractivity contribution in [3.63, 3.8) is 0 Å². The molecule has 2 N–H and O–H groups in total.